The molecular formula is C17H19F2N3. The van der Waals surface area contributed by atoms with E-state index in [0.29, 0.717) is 22.2 Å². The minimum absolute atomic E-state index is 0.00463. The van der Waals surface area contributed by atoms with Gasteiger partial charge < -0.3 is 9.88 Å². The second-order valence-electron chi connectivity index (χ2n) is 5.98. The Morgan fingerprint density at radius 3 is 2.68 bits per heavy atom. The average molecular weight is 303 g/mol. The van der Waals surface area contributed by atoms with Crippen LogP contribution in [0.1, 0.15) is 38.2 Å². The van der Waals surface area contributed by atoms with E-state index in [9.17, 15) is 8.78 Å². The number of nitrogens with zero attached hydrogens (tertiary/aromatic N) is 2. The molecule has 1 aliphatic heterocycles. The lowest BCUT2D eigenvalue weighted by Crippen LogP contribution is -2.21. The van der Waals surface area contributed by atoms with E-state index in [1.807, 2.05) is 38.3 Å². The molecule has 0 radical (unpaired) electrons. The van der Waals surface area contributed by atoms with Gasteiger partial charge in [0.25, 0.3) is 0 Å². The zero-order valence-electron chi connectivity index (χ0n) is 13.1. The first kappa shape index (κ1) is 14.8. The standard InChI is InChI=1S/C17H19F2N3/c1-9(2)22-11(4)21-17-14(18)6-12(7-16(17)22)13-5-10(3)20-8-15(13)19/h5-10,20H,1-4H3. The SMILES string of the molecule is Cc1nc2c(F)cc(C3=CC(C)NC=C3F)cc2n1C(C)C. The summed E-state index contributed by atoms with van der Waals surface area (Å²) in [6.07, 6.45) is 3.09. The van der Waals surface area contributed by atoms with Crippen molar-refractivity contribution in [1.82, 2.24) is 14.9 Å². The number of hydrogen-bond donors (Lipinski definition) is 1. The number of imidazole rings is 1. The molecule has 2 heterocycles. The number of hydrogen-bond acceptors (Lipinski definition) is 2. The fourth-order valence-electron chi connectivity index (χ4n) is 2.97. The Hall–Kier alpha value is -2.17. The molecule has 3 rings (SSSR count). The van der Waals surface area contributed by atoms with Crippen LogP contribution in [0.2, 0.25) is 0 Å². The van der Waals surface area contributed by atoms with Crippen LogP contribution in [0.25, 0.3) is 16.6 Å². The van der Waals surface area contributed by atoms with Crippen molar-refractivity contribution < 1.29 is 8.78 Å². The average Bonchev–Trinajstić information content (AvgIpc) is 2.78. The van der Waals surface area contributed by atoms with Gasteiger partial charge in [-0.05, 0) is 45.4 Å². The predicted octanol–water partition coefficient (Wildman–Crippen LogP) is 4.25. The topological polar surface area (TPSA) is 29.9 Å². The number of benzene rings is 1. The zero-order chi connectivity index (χ0) is 16.0. The molecule has 0 spiro atoms. The number of dihydropyridines is 1. The van der Waals surface area contributed by atoms with Crippen molar-refractivity contribution in [2.24, 2.45) is 0 Å². The second-order valence-corrected chi connectivity index (χ2v) is 5.98. The molecule has 0 bridgehead atoms. The van der Waals surface area contributed by atoms with Crippen LogP contribution in [0.3, 0.4) is 0 Å². The van der Waals surface area contributed by atoms with Gasteiger partial charge in [0.2, 0.25) is 0 Å². The second kappa shape index (κ2) is 5.23. The number of aromatic nitrogens is 2. The van der Waals surface area contributed by atoms with Crippen molar-refractivity contribution in [2.75, 3.05) is 0 Å². The van der Waals surface area contributed by atoms with Crippen molar-refractivity contribution in [1.29, 1.82) is 0 Å². The summed E-state index contributed by atoms with van der Waals surface area (Å²) in [4.78, 5) is 4.30. The van der Waals surface area contributed by atoms with Crippen molar-refractivity contribution in [3.05, 3.63) is 47.4 Å². The molecule has 22 heavy (non-hydrogen) atoms. The third-order valence-corrected chi connectivity index (χ3v) is 3.90. The van der Waals surface area contributed by atoms with E-state index in [1.54, 1.807) is 6.08 Å². The molecule has 2 aromatic rings. The fourth-order valence-corrected chi connectivity index (χ4v) is 2.97. The molecule has 1 aliphatic rings. The van der Waals surface area contributed by atoms with E-state index < -0.39 is 5.82 Å². The number of nitrogens with one attached hydrogen (secondary N) is 1. The summed E-state index contributed by atoms with van der Waals surface area (Å²) in [5.74, 6) is -0.0520. The monoisotopic (exact) mass is 303 g/mol. The van der Waals surface area contributed by atoms with Crippen LogP contribution in [0.5, 0.6) is 0 Å². The van der Waals surface area contributed by atoms with Gasteiger partial charge in [0.15, 0.2) is 5.82 Å². The van der Waals surface area contributed by atoms with Gasteiger partial charge in [-0.1, -0.05) is 6.08 Å². The highest BCUT2D eigenvalue weighted by Gasteiger charge is 2.19. The van der Waals surface area contributed by atoms with Crippen LogP contribution in [0, 0.1) is 12.7 Å². The minimum Gasteiger partial charge on any atom is -0.383 e. The number of allylic oxidation sites excluding steroid dienone is 2. The summed E-state index contributed by atoms with van der Waals surface area (Å²) in [6, 6.07) is 3.33. The number of rotatable bonds is 2. The maximum atomic E-state index is 14.4. The molecule has 1 unspecified atom stereocenters. The van der Waals surface area contributed by atoms with Crippen LogP contribution < -0.4 is 5.32 Å². The highest BCUT2D eigenvalue weighted by atomic mass is 19.1. The van der Waals surface area contributed by atoms with Gasteiger partial charge in [-0.15, -0.1) is 0 Å². The largest absolute Gasteiger partial charge is 0.383 e. The predicted molar refractivity (Wildman–Crippen MR) is 84.6 cm³/mol. The number of aryl methyl sites for hydroxylation is 1. The summed E-state index contributed by atoms with van der Waals surface area (Å²) in [5.41, 5.74) is 1.99. The van der Waals surface area contributed by atoms with Crippen LogP contribution in [0.15, 0.2) is 30.2 Å². The Kier molecular flexibility index (Phi) is 3.51. The molecule has 1 N–H and O–H groups in total. The van der Waals surface area contributed by atoms with E-state index in [0.717, 1.165) is 5.82 Å². The summed E-state index contributed by atoms with van der Waals surface area (Å²) in [6.45, 7) is 7.81. The van der Waals surface area contributed by atoms with Crippen LogP contribution in [-0.4, -0.2) is 15.6 Å². The Balaban J connectivity index is 2.24. The van der Waals surface area contributed by atoms with Crippen molar-refractivity contribution in [2.45, 2.75) is 39.8 Å². The molecule has 0 amide bonds. The van der Waals surface area contributed by atoms with E-state index in [2.05, 4.69) is 10.3 Å². The van der Waals surface area contributed by atoms with Crippen molar-refractivity contribution in [3.63, 3.8) is 0 Å². The Morgan fingerprint density at radius 1 is 1.27 bits per heavy atom. The van der Waals surface area contributed by atoms with Gasteiger partial charge in [-0.3, -0.25) is 0 Å². The van der Waals surface area contributed by atoms with Crippen LogP contribution in [-0.2, 0) is 0 Å². The first-order valence-electron chi connectivity index (χ1n) is 7.41. The molecule has 1 aromatic heterocycles. The first-order valence-corrected chi connectivity index (χ1v) is 7.41. The molecule has 0 saturated heterocycles. The molecule has 1 aromatic carbocycles. The number of halogens is 2. The summed E-state index contributed by atoms with van der Waals surface area (Å²) < 4.78 is 30.5. The van der Waals surface area contributed by atoms with Gasteiger partial charge in [0.05, 0.1) is 5.52 Å². The maximum Gasteiger partial charge on any atom is 0.151 e. The smallest absolute Gasteiger partial charge is 0.151 e. The molecule has 1 atom stereocenters. The lowest BCUT2D eigenvalue weighted by molar-refractivity contribution is 0.599. The Labute approximate surface area is 128 Å². The van der Waals surface area contributed by atoms with E-state index in [-0.39, 0.29) is 17.9 Å². The lowest BCUT2D eigenvalue weighted by Gasteiger charge is -2.17. The summed E-state index contributed by atoms with van der Waals surface area (Å²) >= 11 is 0. The first-order chi connectivity index (χ1) is 10.4. The van der Waals surface area contributed by atoms with Gasteiger partial charge in [-0.25, -0.2) is 13.8 Å². The summed E-state index contributed by atoms with van der Waals surface area (Å²) in [7, 11) is 0. The molecule has 5 heteroatoms. The number of fused-ring (bicyclic) bond motifs is 1. The Morgan fingerprint density at radius 2 is 2.00 bits per heavy atom. The van der Waals surface area contributed by atoms with Gasteiger partial charge in [-0.2, -0.15) is 0 Å². The molecule has 3 nitrogen and oxygen atoms in total. The molecule has 0 aliphatic carbocycles. The zero-order valence-corrected chi connectivity index (χ0v) is 13.1. The fraction of sp³-hybridized carbons (Fsp3) is 0.353. The third kappa shape index (κ3) is 2.30. The summed E-state index contributed by atoms with van der Waals surface area (Å²) in [5, 5.41) is 2.89. The van der Waals surface area contributed by atoms with Gasteiger partial charge >= 0.3 is 0 Å². The molecule has 116 valence electrons. The van der Waals surface area contributed by atoms with Crippen molar-refractivity contribution in [3.8, 4) is 0 Å². The quantitative estimate of drug-likeness (QED) is 0.899. The highest BCUT2D eigenvalue weighted by Crippen LogP contribution is 2.32. The van der Waals surface area contributed by atoms with E-state index in [4.69, 9.17) is 0 Å². The third-order valence-electron chi connectivity index (χ3n) is 3.90. The van der Waals surface area contributed by atoms with Gasteiger partial charge in [0, 0.05) is 23.9 Å². The van der Waals surface area contributed by atoms with E-state index in [1.165, 1.54) is 12.3 Å². The molecule has 0 saturated carbocycles. The highest BCUT2D eigenvalue weighted by molar-refractivity contribution is 5.86. The molecular weight excluding hydrogens is 284 g/mol. The van der Waals surface area contributed by atoms with E-state index >= 15 is 0 Å². The van der Waals surface area contributed by atoms with Crippen LogP contribution in [0.4, 0.5) is 8.78 Å². The lowest BCUT2D eigenvalue weighted by atomic mass is 9.99. The Bertz CT molecular complexity index is 800. The van der Waals surface area contributed by atoms with Gasteiger partial charge in [0.1, 0.15) is 17.2 Å². The normalized spacial score (nSPS) is 18.4. The minimum atomic E-state index is -0.421. The maximum absolute atomic E-state index is 14.4. The van der Waals surface area contributed by atoms with Crippen LogP contribution >= 0.6 is 0 Å². The van der Waals surface area contributed by atoms with Crippen molar-refractivity contribution >= 4 is 16.6 Å². The molecule has 0 fully saturated rings.